The van der Waals surface area contributed by atoms with Crippen molar-refractivity contribution in [2.45, 2.75) is 13.0 Å². The summed E-state index contributed by atoms with van der Waals surface area (Å²) < 4.78 is 42.0. The molecule has 2 aromatic carbocycles. The van der Waals surface area contributed by atoms with Crippen LogP contribution < -0.4 is 14.2 Å². The Kier molecular flexibility index (Phi) is 7.40. The minimum atomic E-state index is -3.28. The number of nitrogens with zero attached hydrogens (tertiary/aromatic N) is 2. The van der Waals surface area contributed by atoms with Gasteiger partial charge in [0.05, 0.1) is 20.5 Å². The predicted octanol–water partition coefficient (Wildman–Crippen LogP) is 2.39. The summed E-state index contributed by atoms with van der Waals surface area (Å²) in [7, 11) is -0.264. The van der Waals surface area contributed by atoms with Crippen molar-refractivity contribution in [3.05, 3.63) is 53.6 Å². The fourth-order valence-electron chi connectivity index (χ4n) is 3.49. The van der Waals surface area contributed by atoms with Crippen LogP contribution in [0.5, 0.6) is 17.2 Å². The first kappa shape index (κ1) is 22.9. The van der Waals surface area contributed by atoms with Crippen LogP contribution in [0.25, 0.3) is 0 Å². The zero-order valence-electron chi connectivity index (χ0n) is 18.0. The third kappa shape index (κ3) is 5.68. The lowest BCUT2D eigenvalue weighted by Gasteiger charge is -2.22. The first-order valence-corrected chi connectivity index (χ1v) is 11.9. The number of rotatable bonds is 7. The van der Waals surface area contributed by atoms with Gasteiger partial charge >= 0.3 is 0 Å². The zero-order valence-corrected chi connectivity index (χ0v) is 18.9. The highest BCUT2D eigenvalue weighted by atomic mass is 32.2. The van der Waals surface area contributed by atoms with E-state index < -0.39 is 10.0 Å². The average Bonchev–Trinajstić information content (AvgIpc) is 3.04. The lowest BCUT2D eigenvalue weighted by Crippen LogP contribution is -2.37. The number of sulfonamides is 1. The lowest BCUT2D eigenvalue weighted by atomic mass is 10.1. The van der Waals surface area contributed by atoms with Crippen LogP contribution >= 0.6 is 0 Å². The van der Waals surface area contributed by atoms with Gasteiger partial charge < -0.3 is 19.1 Å². The quantitative estimate of drug-likeness (QED) is 0.647. The summed E-state index contributed by atoms with van der Waals surface area (Å²) in [4.78, 5) is 14.8. The van der Waals surface area contributed by atoms with Gasteiger partial charge in [0.15, 0.2) is 11.5 Å². The Morgan fingerprint density at radius 2 is 1.61 bits per heavy atom. The molecule has 0 bridgehead atoms. The third-order valence-electron chi connectivity index (χ3n) is 5.14. The summed E-state index contributed by atoms with van der Waals surface area (Å²) in [5.41, 5.74) is 1.39. The number of ether oxygens (including phenoxy) is 3. The van der Waals surface area contributed by atoms with Crippen molar-refractivity contribution < 1.29 is 27.4 Å². The Bertz CT molecular complexity index is 985. The van der Waals surface area contributed by atoms with E-state index in [9.17, 15) is 13.2 Å². The summed E-state index contributed by atoms with van der Waals surface area (Å²) in [6, 6.07) is 13.0. The number of amides is 1. The molecular weight excluding hydrogens is 420 g/mol. The van der Waals surface area contributed by atoms with E-state index in [0.717, 1.165) is 5.56 Å². The molecule has 2 aromatic rings. The van der Waals surface area contributed by atoms with Crippen LogP contribution in [0.3, 0.4) is 0 Å². The lowest BCUT2D eigenvalue weighted by molar-refractivity contribution is 0.0763. The summed E-state index contributed by atoms with van der Waals surface area (Å²) in [6.07, 6.45) is 1.76. The predicted molar refractivity (Wildman–Crippen MR) is 117 cm³/mol. The maximum absolute atomic E-state index is 13.1. The molecule has 0 radical (unpaired) electrons. The van der Waals surface area contributed by atoms with Crippen LogP contribution in [0.15, 0.2) is 42.5 Å². The second kappa shape index (κ2) is 10.0. The maximum atomic E-state index is 13.1. The molecule has 1 amide bonds. The van der Waals surface area contributed by atoms with Crippen molar-refractivity contribution in [1.82, 2.24) is 9.21 Å². The van der Waals surface area contributed by atoms with E-state index in [4.69, 9.17) is 14.2 Å². The average molecular weight is 449 g/mol. The van der Waals surface area contributed by atoms with Crippen LogP contribution in [0.4, 0.5) is 0 Å². The van der Waals surface area contributed by atoms with E-state index in [-0.39, 0.29) is 12.5 Å². The molecule has 1 fully saturated rings. The standard InChI is InChI=1S/C22H28N2O6S/c1-28-19-14-18(22(25)23-10-7-11-24(13-12-23)31(3,26)27)15-20(29-2)21(19)30-16-17-8-5-4-6-9-17/h4-6,8-9,14-15H,7,10-13,16H2,1-3H3. The minimum absolute atomic E-state index is 0.207. The monoisotopic (exact) mass is 448 g/mol. The summed E-state index contributed by atoms with van der Waals surface area (Å²) in [6.45, 7) is 1.80. The van der Waals surface area contributed by atoms with Crippen molar-refractivity contribution in [3.8, 4) is 17.2 Å². The van der Waals surface area contributed by atoms with Gasteiger partial charge in [-0.05, 0) is 24.1 Å². The van der Waals surface area contributed by atoms with Gasteiger partial charge in [0.25, 0.3) is 5.91 Å². The van der Waals surface area contributed by atoms with Crippen molar-refractivity contribution >= 4 is 15.9 Å². The highest BCUT2D eigenvalue weighted by Crippen LogP contribution is 2.39. The first-order chi connectivity index (χ1) is 14.8. The normalized spacial score (nSPS) is 15.3. The molecule has 3 rings (SSSR count). The molecule has 0 N–H and O–H groups in total. The van der Waals surface area contributed by atoms with Crippen LogP contribution in [0.2, 0.25) is 0 Å². The number of hydrogen-bond donors (Lipinski definition) is 0. The Labute approximate surface area is 183 Å². The summed E-state index contributed by atoms with van der Waals surface area (Å²) in [5.74, 6) is 1.00. The van der Waals surface area contributed by atoms with Gasteiger partial charge in [-0.15, -0.1) is 0 Å². The molecule has 1 aliphatic rings. The minimum Gasteiger partial charge on any atom is -0.493 e. The van der Waals surface area contributed by atoms with Crippen LogP contribution in [-0.2, 0) is 16.6 Å². The fraction of sp³-hybridized carbons (Fsp3) is 0.409. The van der Waals surface area contributed by atoms with Gasteiger partial charge in [-0.1, -0.05) is 30.3 Å². The number of hydrogen-bond acceptors (Lipinski definition) is 6. The van der Waals surface area contributed by atoms with Gasteiger partial charge in [-0.25, -0.2) is 12.7 Å². The summed E-state index contributed by atoms with van der Waals surface area (Å²) >= 11 is 0. The first-order valence-electron chi connectivity index (χ1n) is 10.0. The van der Waals surface area contributed by atoms with Crippen molar-refractivity contribution in [1.29, 1.82) is 0 Å². The van der Waals surface area contributed by atoms with Gasteiger partial charge in [-0.3, -0.25) is 4.79 Å². The topological polar surface area (TPSA) is 85.4 Å². The Morgan fingerprint density at radius 1 is 0.968 bits per heavy atom. The molecule has 0 aromatic heterocycles. The molecule has 0 aliphatic carbocycles. The van der Waals surface area contributed by atoms with E-state index in [2.05, 4.69) is 0 Å². The SMILES string of the molecule is COc1cc(C(=O)N2CCCN(S(C)(=O)=O)CC2)cc(OC)c1OCc1ccccc1. The fourth-order valence-corrected chi connectivity index (χ4v) is 4.36. The molecule has 1 saturated heterocycles. The van der Waals surface area contributed by atoms with Crippen molar-refractivity contribution in [3.63, 3.8) is 0 Å². The molecule has 1 aliphatic heterocycles. The highest BCUT2D eigenvalue weighted by Gasteiger charge is 2.26. The Hall–Kier alpha value is -2.78. The molecule has 168 valence electrons. The maximum Gasteiger partial charge on any atom is 0.254 e. The molecule has 1 heterocycles. The van der Waals surface area contributed by atoms with Gasteiger partial charge in [0, 0.05) is 31.7 Å². The van der Waals surface area contributed by atoms with Gasteiger partial charge in [0.1, 0.15) is 6.61 Å². The molecule has 8 nitrogen and oxygen atoms in total. The van der Waals surface area contributed by atoms with E-state index in [1.54, 1.807) is 17.0 Å². The second-order valence-electron chi connectivity index (χ2n) is 7.29. The molecule has 0 unspecified atom stereocenters. The van der Waals surface area contributed by atoms with Crippen LogP contribution in [0.1, 0.15) is 22.3 Å². The molecule has 9 heteroatoms. The van der Waals surface area contributed by atoms with Gasteiger partial charge in [0.2, 0.25) is 15.8 Å². The number of methoxy groups -OCH3 is 2. The van der Waals surface area contributed by atoms with Crippen molar-refractivity contribution in [2.75, 3.05) is 46.7 Å². The van der Waals surface area contributed by atoms with E-state index in [0.29, 0.717) is 55.5 Å². The molecule has 0 spiro atoms. The van der Waals surface area contributed by atoms with E-state index >= 15 is 0 Å². The summed E-state index contributed by atoms with van der Waals surface area (Å²) in [5, 5.41) is 0. The second-order valence-corrected chi connectivity index (χ2v) is 9.27. The molecule has 31 heavy (non-hydrogen) atoms. The van der Waals surface area contributed by atoms with E-state index in [1.807, 2.05) is 30.3 Å². The molecule has 0 saturated carbocycles. The largest absolute Gasteiger partial charge is 0.493 e. The van der Waals surface area contributed by atoms with Crippen LogP contribution in [-0.4, -0.2) is 70.2 Å². The number of benzene rings is 2. The van der Waals surface area contributed by atoms with Gasteiger partial charge in [-0.2, -0.15) is 0 Å². The highest BCUT2D eigenvalue weighted by molar-refractivity contribution is 7.88. The Morgan fingerprint density at radius 3 is 2.19 bits per heavy atom. The van der Waals surface area contributed by atoms with Crippen LogP contribution in [0, 0.1) is 0 Å². The molecule has 0 atom stereocenters. The van der Waals surface area contributed by atoms with E-state index in [1.165, 1.54) is 24.8 Å². The third-order valence-corrected chi connectivity index (χ3v) is 6.45. The van der Waals surface area contributed by atoms with Crippen molar-refractivity contribution in [2.24, 2.45) is 0 Å². The number of carbonyl (C=O) groups excluding carboxylic acids is 1. The smallest absolute Gasteiger partial charge is 0.254 e. The Balaban J connectivity index is 1.80. The zero-order chi connectivity index (χ0) is 22.4. The number of carbonyl (C=O) groups is 1. The molecular formula is C22H28N2O6S.